The van der Waals surface area contributed by atoms with Crippen LogP contribution in [0.25, 0.3) is 0 Å². The van der Waals surface area contributed by atoms with Crippen LogP contribution in [0.3, 0.4) is 0 Å². The van der Waals surface area contributed by atoms with Gasteiger partial charge in [0.1, 0.15) is 0 Å². The van der Waals surface area contributed by atoms with Gasteiger partial charge in [0.05, 0.1) is 0 Å². The van der Waals surface area contributed by atoms with Crippen LogP contribution in [0.4, 0.5) is 11.4 Å². The highest BCUT2D eigenvalue weighted by molar-refractivity contribution is 5.92. The summed E-state index contributed by atoms with van der Waals surface area (Å²) >= 11 is 0. The lowest BCUT2D eigenvalue weighted by Gasteiger charge is -2.36. The van der Waals surface area contributed by atoms with Crippen LogP contribution in [-0.4, -0.2) is 30.4 Å². The maximum atomic E-state index is 12.1. The van der Waals surface area contributed by atoms with E-state index in [1.165, 1.54) is 12.8 Å². The number of hydrogen-bond donors (Lipinski definition) is 2. The molecule has 116 valence electrons. The number of rotatable bonds is 4. The minimum Gasteiger partial charge on any atom is -0.399 e. The maximum Gasteiger partial charge on any atom is 0.225 e. The molecule has 0 atom stereocenters. The fourth-order valence-corrected chi connectivity index (χ4v) is 2.63. The van der Waals surface area contributed by atoms with Gasteiger partial charge in [-0.15, -0.1) is 0 Å². The predicted molar refractivity (Wildman–Crippen MR) is 88.3 cm³/mol. The lowest BCUT2D eigenvalue weighted by molar-refractivity contribution is -0.116. The zero-order valence-electron chi connectivity index (χ0n) is 13.4. The minimum absolute atomic E-state index is 0.0635. The number of benzene rings is 1. The summed E-state index contributed by atoms with van der Waals surface area (Å²) in [6.45, 7) is 9.64. The van der Waals surface area contributed by atoms with Gasteiger partial charge in [-0.05, 0) is 56.0 Å². The molecule has 21 heavy (non-hydrogen) atoms. The second kappa shape index (κ2) is 6.48. The van der Waals surface area contributed by atoms with Crippen LogP contribution in [0.5, 0.6) is 0 Å². The number of aryl methyl sites for hydroxylation is 1. The Morgan fingerprint density at radius 2 is 2.00 bits per heavy atom. The normalized spacial score (nSPS) is 18.4. The van der Waals surface area contributed by atoms with E-state index < -0.39 is 0 Å². The lowest BCUT2D eigenvalue weighted by Crippen LogP contribution is -2.38. The first kappa shape index (κ1) is 15.8. The molecule has 1 amide bonds. The Kier molecular flexibility index (Phi) is 4.88. The molecule has 0 saturated carbocycles. The summed E-state index contributed by atoms with van der Waals surface area (Å²) in [4.78, 5) is 14.5. The van der Waals surface area contributed by atoms with Gasteiger partial charge in [-0.1, -0.05) is 19.9 Å². The van der Waals surface area contributed by atoms with Gasteiger partial charge in [0.2, 0.25) is 5.91 Å². The van der Waals surface area contributed by atoms with Gasteiger partial charge in [-0.25, -0.2) is 0 Å². The Hall–Kier alpha value is -1.55. The third kappa shape index (κ3) is 4.74. The summed E-state index contributed by atoms with van der Waals surface area (Å²) in [7, 11) is 0. The zero-order valence-corrected chi connectivity index (χ0v) is 13.4. The fraction of sp³-hybridized carbons (Fsp3) is 0.588. The Labute approximate surface area is 127 Å². The monoisotopic (exact) mass is 289 g/mol. The van der Waals surface area contributed by atoms with Gasteiger partial charge >= 0.3 is 0 Å². The summed E-state index contributed by atoms with van der Waals surface area (Å²) in [5, 5.41) is 2.96. The molecular weight excluding hydrogens is 262 g/mol. The molecule has 0 aliphatic carbocycles. The van der Waals surface area contributed by atoms with Crippen LogP contribution in [0.2, 0.25) is 0 Å². The van der Waals surface area contributed by atoms with Crippen molar-refractivity contribution in [3.05, 3.63) is 23.8 Å². The topological polar surface area (TPSA) is 58.4 Å². The predicted octanol–water partition coefficient (Wildman–Crippen LogP) is 3.03. The van der Waals surface area contributed by atoms with E-state index in [-0.39, 0.29) is 5.91 Å². The molecule has 0 aromatic heterocycles. The quantitative estimate of drug-likeness (QED) is 0.838. The molecule has 4 nitrogen and oxygen atoms in total. The van der Waals surface area contributed by atoms with Crippen molar-refractivity contribution in [1.29, 1.82) is 0 Å². The summed E-state index contributed by atoms with van der Waals surface area (Å²) in [6, 6.07) is 5.59. The van der Waals surface area contributed by atoms with E-state index >= 15 is 0 Å². The molecular formula is C17H27N3O. The molecule has 1 aromatic rings. The molecule has 3 N–H and O–H groups in total. The Balaban J connectivity index is 1.79. The summed E-state index contributed by atoms with van der Waals surface area (Å²) in [6.07, 6.45) is 2.96. The second-order valence-corrected chi connectivity index (χ2v) is 6.88. The van der Waals surface area contributed by atoms with Crippen molar-refractivity contribution < 1.29 is 4.79 Å². The van der Waals surface area contributed by atoms with Crippen LogP contribution >= 0.6 is 0 Å². The van der Waals surface area contributed by atoms with E-state index in [0.717, 1.165) is 30.9 Å². The van der Waals surface area contributed by atoms with E-state index in [9.17, 15) is 4.79 Å². The van der Waals surface area contributed by atoms with Gasteiger partial charge in [0.25, 0.3) is 0 Å². The molecule has 0 radical (unpaired) electrons. The minimum atomic E-state index is 0.0635. The van der Waals surface area contributed by atoms with E-state index in [1.54, 1.807) is 0 Å². The first-order chi connectivity index (χ1) is 9.85. The smallest absolute Gasteiger partial charge is 0.225 e. The molecule has 0 unspecified atom stereocenters. The Morgan fingerprint density at radius 1 is 1.33 bits per heavy atom. The van der Waals surface area contributed by atoms with Crippen LogP contribution < -0.4 is 11.1 Å². The van der Waals surface area contributed by atoms with Crippen LogP contribution in [0.15, 0.2) is 18.2 Å². The highest BCUT2D eigenvalue weighted by Crippen LogP contribution is 2.29. The van der Waals surface area contributed by atoms with E-state index in [1.807, 2.05) is 25.1 Å². The first-order valence-corrected chi connectivity index (χ1v) is 7.74. The third-order valence-corrected chi connectivity index (χ3v) is 4.40. The molecule has 1 aliphatic rings. The highest BCUT2D eigenvalue weighted by atomic mass is 16.1. The summed E-state index contributed by atoms with van der Waals surface area (Å²) in [5.74, 6) is 0.0635. The van der Waals surface area contributed by atoms with Crippen molar-refractivity contribution in [3.63, 3.8) is 0 Å². The average molecular weight is 289 g/mol. The number of anilines is 2. The standard InChI is InChI=1S/C17H27N3O/c1-13-4-5-14(18)12-15(13)19-16(21)6-9-20-10-7-17(2,3)8-11-20/h4-5,12H,6-11,18H2,1-3H3,(H,19,21). The van der Waals surface area contributed by atoms with Crippen molar-refractivity contribution in [1.82, 2.24) is 4.90 Å². The molecule has 0 spiro atoms. The van der Waals surface area contributed by atoms with Gasteiger partial charge in [-0.3, -0.25) is 4.79 Å². The number of amides is 1. The number of nitrogens with two attached hydrogens (primary N) is 1. The van der Waals surface area contributed by atoms with Crippen LogP contribution in [0, 0.1) is 12.3 Å². The number of piperidine rings is 1. The lowest BCUT2D eigenvalue weighted by atomic mass is 9.83. The molecule has 4 heteroatoms. The largest absolute Gasteiger partial charge is 0.399 e. The van der Waals surface area contributed by atoms with Crippen molar-refractivity contribution in [2.45, 2.75) is 40.0 Å². The van der Waals surface area contributed by atoms with Crippen LogP contribution in [-0.2, 0) is 4.79 Å². The molecule has 1 aliphatic heterocycles. The number of nitrogens with one attached hydrogen (secondary N) is 1. The van der Waals surface area contributed by atoms with Crippen molar-refractivity contribution >= 4 is 17.3 Å². The second-order valence-electron chi connectivity index (χ2n) is 6.88. The number of carbonyl (C=O) groups is 1. The SMILES string of the molecule is Cc1ccc(N)cc1NC(=O)CCN1CCC(C)(C)CC1. The third-order valence-electron chi connectivity index (χ3n) is 4.40. The number of nitrogen functional groups attached to an aromatic ring is 1. The average Bonchev–Trinajstić information content (AvgIpc) is 2.42. The fourth-order valence-electron chi connectivity index (χ4n) is 2.63. The van der Waals surface area contributed by atoms with Gasteiger partial charge in [-0.2, -0.15) is 0 Å². The molecule has 1 aromatic carbocycles. The van der Waals surface area contributed by atoms with Crippen LogP contribution in [0.1, 0.15) is 38.7 Å². The Morgan fingerprint density at radius 3 is 2.67 bits per heavy atom. The number of hydrogen-bond acceptors (Lipinski definition) is 3. The van der Waals surface area contributed by atoms with E-state index in [2.05, 4.69) is 24.1 Å². The van der Waals surface area contributed by atoms with Crippen molar-refractivity contribution in [2.24, 2.45) is 5.41 Å². The van der Waals surface area contributed by atoms with E-state index in [4.69, 9.17) is 5.73 Å². The molecule has 2 rings (SSSR count). The molecule has 1 heterocycles. The molecule has 0 bridgehead atoms. The summed E-state index contributed by atoms with van der Waals surface area (Å²) in [5.41, 5.74) is 8.75. The molecule has 1 saturated heterocycles. The maximum absolute atomic E-state index is 12.1. The van der Waals surface area contributed by atoms with E-state index in [0.29, 0.717) is 17.5 Å². The highest BCUT2D eigenvalue weighted by Gasteiger charge is 2.25. The Bertz CT molecular complexity index is 501. The molecule has 1 fully saturated rings. The number of nitrogens with zero attached hydrogens (tertiary/aromatic N) is 1. The first-order valence-electron chi connectivity index (χ1n) is 7.74. The zero-order chi connectivity index (χ0) is 15.5. The van der Waals surface area contributed by atoms with Gasteiger partial charge in [0.15, 0.2) is 0 Å². The van der Waals surface area contributed by atoms with Gasteiger partial charge < -0.3 is 16.0 Å². The van der Waals surface area contributed by atoms with Gasteiger partial charge in [0, 0.05) is 24.3 Å². The number of carbonyl (C=O) groups excluding carboxylic acids is 1. The van der Waals surface area contributed by atoms with Crippen molar-refractivity contribution in [3.8, 4) is 0 Å². The number of likely N-dealkylation sites (tertiary alicyclic amines) is 1. The van der Waals surface area contributed by atoms with Crippen molar-refractivity contribution in [2.75, 3.05) is 30.7 Å². The summed E-state index contributed by atoms with van der Waals surface area (Å²) < 4.78 is 0.